The van der Waals surface area contributed by atoms with E-state index in [4.69, 9.17) is 4.74 Å². The molecular formula is C18H29N4O2S+. The molecule has 0 fully saturated rings. The van der Waals surface area contributed by atoms with E-state index in [9.17, 15) is 4.79 Å². The third-order valence-corrected chi connectivity index (χ3v) is 4.58. The highest BCUT2D eigenvalue weighted by atomic mass is 32.1. The third kappa shape index (κ3) is 5.12. The van der Waals surface area contributed by atoms with Crippen molar-refractivity contribution in [2.75, 3.05) is 11.9 Å². The van der Waals surface area contributed by atoms with Crippen LogP contribution in [0.3, 0.4) is 0 Å². The number of rotatable bonds is 5. The van der Waals surface area contributed by atoms with Gasteiger partial charge in [-0.2, -0.15) is 0 Å². The number of nitrogens with two attached hydrogens (primary N) is 1. The van der Waals surface area contributed by atoms with Crippen LogP contribution in [-0.2, 0) is 11.3 Å². The Morgan fingerprint density at radius 1 is 1.24 bits per heavy atom. The molecule has 0 unspecified atom stereocenters. The molecule has 7 heteroatoms. The highest BCUT2D eigenvalue weighted by Crippen LogP contribution is 2.35. The first-order chi connectivity index (χ1) is 11.5. The van der Waals surface area contributed by atoms with Gasteiger partial charge in [0, 0.05) is 11.1 Å². The first-order valence-electron chi connectivity index (χ1n) is 8.58. The molecule has 2 aromatic heterocycles. The maximum absolute atomic E-state index is 12.5. The Kier molecular flexibility index (Phi) is 5.68. The smallest absolute Gasteiger partial charge is 0.348 e. The molecule has 6 nitrogen and oxygen atoms in total. The van der Waals surface area contributed by atoms with Gasteiger partial charge >= 0.3 is 5.97 Å². The molecule has 0 bridgehead atoms. The molecule has 0 atom stereocenters. The fraction of sp³-hybridized carbons (Fsp3) is 0.611. The molecule has 3 N–H and O–H groups in total. The number of anilines is 1. The van der Waals surface area contributed by atoms with Gasteiger partial charge in [0.1, 0.15) is 28.4 Å². The second-order valence-corrected chi connectivity index (χ2v) is 9.18. The van der Waals surface area contributed by atoms with Gasteiger partial charge in [-0.3, -0.25) is 0 Å². The fourth-order valence-electron chi connectivity index (χ4n) is 2.41. The van der Waals surface area contributed by atoms with Crippen LogP contribution in [0, 0.1) is 0 Å². The minimum absolute atomic E-state index is 0.0491. The summed E-state index contributed by atoms with van der Waals surface area (Å²) in [5.74, 6) is 0.478. The van der Waals surface area contributed by atoms with Crippen LogP contribution in [0.25, 0.3) is 10.2 Å². The summed E-state index contributed by atoms with van der Waals surface area (Å²) >= 11 is 1.38. The Balaban J connectivity index is 2.59. The van der Waals surface area contributed by atoms with Crippen molar-refractivity contribution in [3.05, 3.63) is 16.8 Å². The summed E-state index contributed by atoms with van der Waals surface area (Å²) in [4.78, 5) is 22.7. The largest absolute Gasteiger partial charge is 0.462 e. The van der Waals surface area contributed by atoms with Crippen LogP contribution in [0.1, 0.15) is 63.7 Å². The molecule has 2 heterocycles. The van der Waals surface area contributed by atoms with Gasteiger partial charge in [-0.15, -0.1) is 11.3 Å². The van der Waals surface area contributed by atoms with Crippen LogP contribution in [-0.4, -0.2) is 33.6 Å². The van der Waals surface area contributed by atoms with Crippen LogP contribution >= 0.6 is 11.3 Å². The normalized spacial score (nSPS) is 12.4. The van der Waals surface area contributed by atoms with E-state index in [1.807, 2.05) is 6.92 Å². The number of hydrogen-bond donors (Lipinski definition) is 2. The van der Waals surface area contributed by atoms with Gasteiger partial charge in [0.2, 0.25) is 0 Å². The lowest BCUT2D eigenvalue weighted by atomic mass is 10.1. The van der Waals surface area contributed by atoms with E-state index in [1.165, 1.54) is 11.3 Å². The summed E-state index contributed by atoms with van der Waals surface area (Å²) in [7, 11) is 0. The number of hydrogen-bond acceptors (Lipinski definition) is 6. The van der Waals surface area contributed by atoms with Gasteiger partial charge in [-0.25, -0.2) is 14.8 Å². The Hall–Kier alpha value is -1.73. The highest BCUT2D eigenvalue weighted by Gasteiger charge is 2.26. The lowest BCUT2D eigenvalue weighted by Crippen LogP contribution is -2.93. The van der Waals surface area contributed by atoms with Crippen molar-refractivity contribution in [1.29, 1.82) is 0 Å². The predicted octanol–water partition coefficient (Wildman–Crippen LogP) is 2.94. The molecule has 0 aliphatic rings. The van der Waals surface area contributed by atoms with Gasteiger partial charge in [-0.05, 0) is 48.5 Å². The molecule has 0 saturated carbocycles. The number of carbonyl (C=O) groups is 1. The molecule has 25 heavy (non-hydrogen) atoms. The van der Waals surface area contributed by atoms with E-state index in [0.717, 1.165) is 21.6 Å². The number of ether oxygens (including phenoxy) is 1. The van der Waals surface area contributed by atoms with Crippen molar-refractivity contribution in [3.63, 3.8) is 0 Å². The Morgan fingerprint density at radius 2 is 1.92 bits per heavy atom. The average molecular weight is 366 g/mol. The van der Waals surface area contributed by atoms with Crippen molar-refractivity contribution >= 4 is 33.3 Å². The SMILES string of the molecule is CCOC(=O)c1sc2ncnc(NC(C)(C)C)c2c1C[NH2+]C(C)(C)C. The van der Waals surface area contributed by atoms with Crippen LogP contribution in [0.4, 0.5) is 5.82 Å². The Morgan fingerprint density at radius 3 is 2.48 bits per heavy atom. The topological polar surface area (TPSA) is 80.7 Å². The summed E-state index contributed by atoms with van der Waals surface area (Å²) in [6.45, 7) is 15.5. The number of aromatic nitrogens is 2. The summed E-state index contributed by atoms with van der Waals surface area (Å²) < 4.78 is 5.26. The van der Waals surface area contributed by atoms with E-state index in [2.05, 4.69) is 62.1 Å². The molecular weight excluding hydrogens is 336 g/mol. The zero-order chi connectivity index (χ0) is 18.8. The molecule has 0 radical (unpaired) electrons. The van der Waals surface area contributed by atoms with Gasteiger partial charge in [-0.1, -0.05) is 0 Å². The van der Waals surface area contributed by atoms with Gasteiger partial charge in [0.25, 0.3) is 0 Å². The first kappa shape index (κ1) is 19.6. The fourth-order valence-corrected chi connectivity index (χ4v) is 3.47. The standard InChI is InChI=1S/C18H28N4O2S/c1-8-24-16(23)13-11(9-21-17(2,3)4)12-14(22-18(5,6)7)19-10-20-15(12)25-13/h10,21H,8-9H2,1-7H3,(H,19,20,22)/p+1. The number of quaternary nitrogens is 1. The number of thiophene rings is 1. The molecule has 0 aliphatic carbocycles. The van der Waals surface area contributed by atoms with Crippen molar-refractivity contribution in [3.8, 4) is 0 Å². The van der Waals surface area contributed by atoms with Crippen LogP contribution < -0.4 is 10.6 Å². The lowest BCUT2D eigenvalue weighted by molar-refractivity contribution is -0.731. The van der Waals surface area contributed by atoms with Crippen LogP contribution in [0.15, 0.2) is 6.33 Å². The zero-order valence-corrected chi connectivity index (χ0v) is 17.0. The van der Waals surface area contributed by atoms with E-state index in [1.54, 1.807) is 6.33 Å². The molecule has 2 aromatic rings. The third-order valence-electron chi connectivity index (χ3n) is 3.46. The van der Waals surface area contributed by atoms with Crippen LogP contribution in [0.5, 0.6) is 0 Å². The van der Waals surface area contributed by atoms with Gasteiger partial charge < -0.3 is 15.4 Å². The first-order valence-corrected chi connectivity index (χ1v) is 9.39. The number of nitrogens with one attached hydrogen (secondary N) is 1. The number of esters is 1. The second kappa shape index (κ2) is 7.25. The molecule has 2 rings (SSSR count). The summed E-state index contributed by atoms with van der Waals surface area (Å²) in [5.41, 5.74) is 0.854. The predicted molar refractivity (Wildman–Crippen MR) is 102 cm³/mol. The van der Waals surface area contributed by atoms with E-state index in [-0.39, 0.29) is 17.0 Å². The highest BCUT2D eigenvalue weighted by molar-refractivity contribution is 7.20. The zero-order valence-electron chi connectivity index (χ0n) is 16.2. The quantitative estimate of drug-likeness (QED) is 0.796. The molecule has 0 amide bonds. The molecule has 138 valence electrons. The molecule has 0 aromatic carbocycles. The summed E-state index contributed by atoms with van der Waals surface area (Å²) in [5, 5.41) is 6.57. The van der Waals surface area contributed by atoms with Crippen molar-refractivity contribution in [2.24, 2.45) is 0 Å². The molecule has 0 spiro atoms. The maximum Gasteiger partial charge on any atom is 0.348 e. The number of nitrogens with zero attached hydrogens (tertiary/aromatic N) is 2. The number of fused-ring (bicyclic) bond motifs is 1. The number of carbonyl (C=O) groups excluding carboxylic acids is 1. The monoisotopic (exact) mass is 365 g/mol. The van der Waals surface area contributed by atoms with Crippen molar-refractivity contribution in [2.45, 2.75) is 66.1 Å². The second-order valence-electron chi connectivity index (χ2n) is 8.18. The minimum atomic E-state index is -0.287. The molecule has 0 aliphatic heterocycles. The molecule has 0 saturated heterocycles. The van der Waals surface area contributed by atoms with Gasteiger partial charge in [0.15, 0.2) is 0 Å². The van der Waals surface area contributed by atoms with E-state index < -0.39 is 0 Å². The van der Waals surface area contributed by atoms with Crippen molar-refractivity contribution < 1.29 is 14.8 Å². The Bertz CT molecular complexity index is 757. The van der Waals surface area contributed by atoms with Crippen LogP contribution in [0.2, 0.25) is 0 Å². The summed E-state index contributed by atoms with van der Waals surface area (Å²) in [6, 6.07) is 0. The van der Waals surface area contributed by atoms with E-state index in [0.29, 0.717) is 18.0 Å². The lowest BCUT2D eigenvalue weighted by Gasteiger charge is -2.22. The van der Waals surface area contributed by atoms with E-state index >= 15 is 0 Å². The summed E-state index contributed by atoms with van der Waals surface area (Å²) in [6.07, 6.45) is 1.54. The minimum Gasteiger partial charge on any atom is -0.462 e. The maximum atomic E-state index is 12.5. The van der Waals surface area contributed by atoms with Crippen molar-refractivity contribution in [1.82, 2.24) is 9.97 Å². The Labute approximate surface area is 153 Å². The van der Waals surface area contributed by atoms with Gasteiger partial charge in [0.05, 0.1) is 17.5 Å². The average Bonchev–Trinajstić information content (AvgIpc) is 2.83.